The van der Waals surface area contributed by atoms with Crippen molar-refractivity contribution in [2.75, 3.05) is 39.8 Å². The highest BCUT2D eigenvalue weighted by atomic mass is 16.4. The van der Waals surface area contributed by atoms with Crippen LogP contribution in [0.2, 0.25) is 0 Å². The Hall–Kier alpha value is -2.08. The van der Waals surface area contributed by atoms with E-state index in [2.05, 4.69) is 4.90 Å². The Morgan fingerprint density at radius 2 is 1.78 bits per heavy atom. The van der Waals surface area contributed by atoms with Crippen LogP contribution in [0, 0.1) is 0 Å². The van der Waals surface area contributed by atoms with Crippen LogP contribution in [-0.4, -0.2) is 71.6 Å². The number of amides is 2. The molecule has 1 aliphatic heterocycles. The largest absolute Gasteiger partial charge is 0.481 e. The first-order chi connectivity index (χ1) is 11.1. The highest BCUT2D eigenvalue weighted by Crippen LogP contribution is 2.09. The number of nitrogens with zero attached hydrogens (tertiary/aromatic N) is 3. The minimum atomic E-state index is -0.749. The topological polar surface area (TPSA) is 64.1 Å². The maximum atomic E-state index is 12.5. The van der Waals surface area contributed by atoms with Gasteiger partial charge in [-0.1, -0.05) is 30.3 Å². The van der Waals surface area contributed by atoms with Gasteiger partial charge >= 0.3 is 12.0 Å². The summed E-state index contributed by atoms with van der Waals surface area (Å²) in [5, 5.41) is 8.66. The molecule has 126 valence electrons. The zero-order valence-electron chi connectivity index (χ0n) is 13.6. The number of urea groups is 1. The van der Waals surface area contributed by atoms with Crippen molar-refractivity contribution in [2.45, 2.75) is 19.4 Å². The van der Waals surface area contributed by atoms with E-state index in [1.54, 1.807) is 4.90 Å². The summed E-state index contributed by atoms with van der Waals surface area (Å²) < 4.78 is 0. The molecule has 2 rings (SSSR count). The van der Waals surface area contributed by atoms with E-state index in [1.807, 2.05) is 42.3 Å². The van der Waals surface area contributed by atoms with E-state index in [1.165, 1.54) is 0 Å². The van der Waals surface area contributed by atoms with Crippen LogP contribution in [-0.2, 0) is 11.3 Å². The van der Waals surface area contributed by atoms with Crippen molar-refractivity contribution in [3.8, 4) is 0 Å². The van der Waals surface area contributed by atoms with Gasteiger partial charge in [-0.2, -0.15) is 0 Å². The Bertz CT molecular complexity index is 513. The summed E-state index contributed by atoms with van der Waals surface area (Å²) in [6.07, 6.45) is 0.871. The van der Waals surface area contributed by atoms with Gasteiger partial charge in [0, 0.05) is 46.2 Å². The SMILES string of the molecule is CN(Cc1ccccc1)C(=O)N1CCN(CCCC(=O)O)CC1. The van der Waals surface area contributed by atoms with Gasteiger partial charge in [0.25, 0.3) is 0 Å². The molecule has 6 heteroatoms. The summed E-state index contributed by atoms with van der Waals surface area (Å²) in [6, 6.07) is 10.0. The third-order valence-electron chi connectivity index (χ3n) is 4.10. The molecule has 1 saturated heterocycles. The molecule has 1 heterocycles. The fourth-order valence-corrected chi connectivity index (χ4v) is 2.78. The molecule has 23 heavy (non-hydrogen) atoms. The van der Waals surface area contributed by atoms with E-state index in [0.717, 1.165) is 25.2 Å². The van der Waals surface area contributed by atoms with E-state index in [9.17, 15) is 9.59 Å². The van der Waals surface area contributed by atoms with Gasteiger partial charge in [0.15, 0.2) is 0 Å². The summed E-state index contributed by atoms with van der Waals surface area (Å²) in [6.45, 7) is 4.41. The molecule has 1 N–H and O–H groups in total. The van der Waals surface area contributed by atoms with E-state index in [-0.39, 0.29) is 12.5 Å². The first-order valence-corrected chi connectivity index (χ1v) is 8.04. The summed E-state index contributed by atoms with van der Waals surface area (Å²) in [5.74, 6) is -0.749. The number of carbonyl (C=O) groups is 2. The average molecular weight is 319 g/mol. The van der Waals surface area contributed by atoms with Crippen LogP contribution in [0.15, 0.2) is 30.3 Å². The van der Waals surface area contributed by atoms with Crippen molar-refractivity contribution >= 4 is 12.0 Å². The van der Waals surface area contributed by atoms with Crippen LogP contribution in [0.3, 0.4) is 0 Å². The van der Waals surface area contributed by atoms with E-state index >= 15 is 0 Å². The number of benzene rings is 1. The summed E-state index contributed by atoms with van der Waals surface area (Å²) in [5.41, 5.74) is 1.12. The Morgan fingerprint density at radius 1 is 1.13 bits per heavy atom. The Balaban J connectivity index is 1.73. The Kier molecular flexibility index (Phi) is 6.40. The second-order valence-corrected chi connectivity index (χ2v) is 5.95. The quantitative estimate of drug-likeness (QED) is 0.867. The van der Waals surface area contributed by atoms with Crippen LogP contribution >= 0.6 is 0 Å². The number of piperazine rings is 1. The van der Waals surface area contributed by atoms with Crippen LogP contribution < -0.4 is 0 Å². The Morgan fingerprint density at radius 3 is 2.39 bits per heavy atom. The van der Waals surface area contributed by atoms with Crippen LogP contribution in [0.25, 0.3) is 0 Å². The lowest BCUT2D eigenvalue weighted by Crippen LogP contribution is -2.52. The molecule has 0 aromatic heterocycles. The zero-order chi connectivity index (χ0) is 16.7. The normalized spacial score (nSPS) is 15.4. The molecule has 0 unspecified atom stereocenters. The van der Waals surface area contributed by atoms with Gasteiger partial charge in [-0.3, -0.25) is 9.69 Å². The minimum absolute atomic E-state index is 0.0547. The van der Waals surface area contributed by atoms with Gasteiger partial charge in [0.2, 0.25) is 0 Å². The van der Waals surface area contributed by atoms with Crippen molar-refractivity contribution in [3.63, 3.8) is 0 Å². The number of rotatable bonds is 6. The summed E-state index contributed by atoms with van der Waals surface area (Å²) in [7, 11) is 1.83. The van der Waals surface area contributed by atoms with Gasteiger partial charge in [-0.15, -0.1) is 0 Å². The number of aliphatic carboxylic acids is 1. The standard InChI is InChI=1S/C17H25N3O3/c1-18(14-15-6-3-2-4-7-15)17(23)20-12-10-19(11-13-20)9-5-8-16(21)22/h2-4,6-7H,5,8-14H2,1H3,(H,21,22). The second-order valence-electron chi connectivity index (χ2n) is 5.95. The number of carbonyl (C=O) groups excluding carboxylic acids is 1. The van der Waals surface area contributed by atoms with Crippen molar-refractivity contribution in [3.05, 3.63) is 35.9 Å². The van der Waals surface area contributed by atoms with E-state index < -0.39 is 5.97 Å². The molecule has 1 aromatic rings. The molecular formula is C17H25N3O3. The second kappa shape index (κ2) is 8.53. The maximum absolute atomic E-state index is 12.5. The molecule has 2 amide bonds. The van der Waals surface area contributed by atoms with Crippen LogP contribution in [0.5, 0.6) is 0 Å². The molecule has 0 radical (unpaired) electrons. The third kappa shape index (κ3) is 5.56. The van der Waals surface area contributed by atoms with Gasteiger partial charge < -0.3 is 14.9 Å². The molecule has 0 saturated carbocycles. The molecule has 1 fully saturated rings. The molecule has 0 spiro atoms. The predicted molar refractivity (Wildman–Crippen MR) is 88.2 cm³/mol. The van der Waals surface area contributed by atoms with Gasteiger partial charge in [0.1, 0.15) is 0 Å². The number of hydrogen-bond acceptors (Lipinski definition) is 3. The smallest absolute Gasteiger partial charge is 0.320 e. The summed E-state index contributed by atoms with van der Waals surface area (Å²) >= 11 is 0. The van der Waals surface area contributed by atoms with Crippen molar-refractivity contribution in [1.82, 2.24) is 14.7 Å². The van der Waals surface area contributed by atoms with Crippen molar-refractivity contribution in [2.24, 2.45) is 0 Å². The number of hydrogen-bond donors (Lipinski definition) is 1. The zero-order valence-corrected chi connectivity index (χ0v) is 13.6. The maximum Gasteiger partial charge on any atom is 0.320 e. The highest BCUT2D eigenvalue weighted by molar-refractivity contribution is 5.74. The summed E-state index contributed by atoms with van der Waals surface area (Å²) in [4.78, 5) is 28.8. The predicted octanol–water partition coefficient (Wildman–Crippen LogP) is 1.72. The average Bonchev–Trinajstić information content (AvgIpc) is 2.55. The van der Waals surface area contributed by atoms with Crippen LogP contribution in [0.1, 0.15) is 18.4 Å². The third-order valence-corrected chi connectivity index (χ3v) is 4.10. The lowest BCUT2D eigenvalue weighted by molar-refractivity contribution is -0.137. The molecule has 0 aliphatic carbocycles. The number of carboxylic acid groups (broad SMARTS) is 1. The molecular weight excluding hydrogens is 294 g/mol. The van der Waals surface area contributed by atoms with Crippen molar-refractivity contribution < 1.29 is 14.7 Å². The lowest BCUT2D eigenvalue weighted by atomic mass is 10.2. The molecule has 6 nitrogen and oxygen atoms in total. The fourth-order valence-electron chi connectivity index (χ4n) is 2.78. The number of carboxylic acids is 1. The molecule has 0 bridgehead atoms. The molecule has 0 atom stereocenters. The Labute approximate surface area is 137 Å². The van der Waals surface area contributed by atoms with Crippen molar-refractivity contribution in [1.29, 1.82) is 0 Å². The van der Waals surface area contributed by atoms with Crippen LogP contribution in [0.4, 0.5) is 4.79 Å². The first-order valence-electron chi connectivity index (χ1n) is 8.04. The van der Waals surface area contributed by atoms with Gasteiger partial charge in [0.05, 0.1) is 0 Å². The highest BCUT2D eigenvalue weighted by Gasteiger charge is 2.23. The monoisotopic (exact) mass is 319 g/mol. The lowest BCUT2D eigenvalue weighted by Gasteiger charge is -2.36. The van der Waals surface area contributed by atoms with E-state index in [0.29, 0.717) is 26.1 Å². The van der Waals surface area contributed by atoms with E-state index in [4.69, 9.17) is 5.11 Å². The fraction of sp³-hybridized carbons (Fsp3) is 0.529. The minimum Gasteiger partial charge on any atom is -0.481 e. The first kappa shape index (κ1) is 17.3. The molecule has 1 aliphatic rings. The van der Waals surface area contributed by atoms with Gasteiger partial charge in [-0.25, -0.2) is 4.79 Å². The molecule has 1 aromatic carbocycles. The van der Waals surface area contributed by atoms with Gasteiger partial charge in [-0.05, 0) is 18.5 Å².